The van der Waals surface area contributed by atoms with Crippen LogP contribution in [-0.2, 0) is 0 Å². The van der Waals surface area contributed by atoms with E-state index in [2.05, 4.69) is 4.98 Å². The molecule has 66 valence electrons. The second kappa shape index (κ2) is 3.84. The van der Waals surface area contributed by atoms with E-state index in [1.165, 1.54) is 0 Å². The smallest absolute Gasteiger partial charge is 0.102 e. The first-order chi connectivity index (χ1) is 6.25. The molecule has 0 amide bonds. The third-order valence-electron chi connectivity index (χ3n) is 1.44. The largest absolute Gasteiger partial charge is 0.255 e. The number of rotatable bonds is 1. The first-order valence-electron chi connectivity index (χ1n) is 3.48. The van der Waals surface area contributed by atoms with E-state index in [0.29, 0.717) is 5.02 Å². The molecule has 5 heteroatoms. The molecule has 2 rings (SSSR count). The van der Waals surface area contributed by atoms with E-state index in [1.807, 2.05) is 12.1 Å². The molecule has 0 bridgehead atoms. The molecule has 1 nitrogen and oxygen atoms in total. The zero-order valence-electron chi connectivity index (χ0n) is 6.36. The van der Waals surface area contributed by atoms with Gasteiger partial charge in [0.15, 0.2) is 0 Å². The highest BCUT2D eigenvalue weighted by Crippen LogP contribution is 2.28. The van der Waals surface area contributed by atoms with Gasteiger partial charge in [0, 0.05) is 11.2 Å². The van der Waals surface area contributed by atoms with E-state index in [4.69, 9.17) is 23.8 Å². The Morgan fingerprint density at radius 2 is 2.15 bits per heavy atom. The molecule has 0 unspecified atom stereocenters. The van der Waals surface area contributed by atoms with Gasteiger partial charge in [0.1, 0.15) is 3.82 Å². The maximum atomic E-state index is 5.84. The molecule has 0 radical (unpaired) electrons. The van der Waals surface area contributed by atoms with E-state index in [-0.39, 0.29) is 0 Å². The SMILES string of the molecule is S=c1cc(-c2cc(Cl)ccn2)ss1. The zero-order chi connectivity index (χ0) is 9.26. The number of aromatic nitrogens is 1. The number of pyridine rings is 1. The van der Waals surface area contributed by atoms with Crippen molar-refractivity contribution in [2.24, 2.45) is 0 Å². The minimum atomic E-state index is 0.703. The molecule has 2 heterocycles. The highest BCUT2D eigenvalue weighted by Gasteiger charge is 2.01. The van der Waals surface area contributed by atoms with E-state index < -0.39 is 0 Å². The van der Waals surface area contributed by atoms with Gasteiger partial charge in [-0.3, -0.25) is 4.98 Å². The Morgan fingerprint density at radius 3 is 2.77 bits per heavy atom. The van der Waals surface area contributed by atoms with Crippen LogP contribution in [0.1, 0.15) is 0 Å². The Balaban J connectivity index is 2.52. The van der Waals surface area contributed by atoms with E-state index >= 15 is 0 Å². The van der Waals surface area contributed by atoms with Crippen LogP contribution in [0.3, 0.4) is 0 Å². The molecule has 0 fully saturated rings. The maximum Gasteiger partial charge on any atom is 0.102 e. The standard InChI is InChI=1S/C8H4ClNS3/c9-5-1-2-10-6(3-5)7-4-8(11)13-12-7/h1-4H. The maximum absolute atomic E-state index is 5.84. The molecule has 0 spiro atoms. The summed E-state index contributed by atoms with van der Waals surface area (Å²) >= 11 is 10.9. The summed E-state index contributed by atoms with van der Waals surface area (Å²) in [6.07, 6.45) is 1.70. The summed E-state index contributed by atoms with van der Waals surface area (Å²) in [6, 6.07) is 5.55. The second-order valence-corrected chi connectivity index (χ2v) is 5.70. The molecule has 0 atom stereocenters. The lowest BCUT2D eigenvalue weighted by molar-refractivity contribution is 1.34. The number of nitrogens with zero attached hydrogens (tertiary/aromatic N) is 1. The summed E-state index contributed by atoms with van der Waals surface area (Å²) in [6.45, 7) is 0. The van der Waals surface area contributed by atoms with Crippen molar-refractivity contribution in [2.75, 3.05) is 0 Å². The fraction of sp³-hybridized carbons (Fsp3) is 0. The van der Waals surface area contributed by atoms with Crippen molar-refractivity contribution in [3.8, 4) is 10.6 Å². The number of hydrogen-bond donors (Lipinski definition) is 0. The quantitative estimate of drug-likeness (QED) is 0.550. The second-order valence-electron chi connectivity index (χ2n) is 2.35. The van der Waals surface area contributed by atoms with Crippen LogP contribution in [0.2, 0.25) is 5.02 Å². The van der Waals surface area contributed by atoms with Gasteiger partial charge in [-0.1, -0.05) is 44.5 Å². The molecule has 2 aromatic heterocycles. The summed E-state index contributed by atoms with van der Waals surface area (Å²) in [4.78, 5) is 5.29. The Morgan fingerprint density at radius 1 is 1.31 bits per heavy atom. The van der Waals surface area contributed by atoms with Gasteiger partial charge in [-0.2, -0.15) is 0 Å². The summed E-state index contributed by atoms with van der Waals surface area (Å²) < 4.78 is 0.891. The lowest BCUT2D eigenvalue weighted by Gasteiger charge is -1.94. The number of halogens is 1. The van der Waals surface area contributed by atoms with Gasteiger partial charge in [0.2, 0.25) is 0 Å². The fourth-order valence-electron chi connectivity index (χ4n) is 0.897. The fourth-order valence-corrected chi connectivity index (χ4v) is 3.39. The summed E-state index contributed by atoms with van der Waals surface area (Å²) in [5.74, 6) is 0. The molecule has 0 saturated carbocycles. The van der Waals surface area contributed by atoms with Gasteiger partial charge >= 0.3 is 0 Å². The van der Waals surface area contributed by atoms with Crippen molar-refractivity contribution >= 4 is 44.5 Å². The molecule has 0 N–H and O–H groups in total. The highest BCUT2D eigenvalue weighted by molar-refractivity contribution is 7.80. The monoisotopic (exact) mass is 245 g/mol. The average molecular weight is 246 g/mol. The van der Waals surface area contributed by atoms with Crippen molar-refractivity contribution in [3.63, 3.8) is 0 Å². The van der Waals surface area contributed by atoms with Gasteiger partial charge in [0.25, 0.3) is 0 Å². The molecule has 0 aliphatic heterocycles. The zero-order valence-corrected chi connectivity index (χ0v) is 9.56. The van der Waals surface area contributed by atoms with Crippen LogP contribution < -0.4 is 0 Å². The average Bonchev–Trinajstić information content (AvgIpc) is 2.52. The van der Waals surface area contributed by atoms with E-state index in [1.54, 1.807) is 32.9 Å². The predicted molar refractivity (Wildman–Crippen MR) is 61.3 cm³/mol. The predicted octanol–water partition coefficient (Wildman–Crippen LogP) is 4.25. The van der Waals surface area contributed by atoms with Gasteiger partial charge < -0.3 is 0 Å². The topological polar surface area (TPSA) is 12.9 Å². The minimum absolute atomic E-state index is 0.703. The summed E-state index contributed by atoms with van der Waals surface area (Å²) in [5, 5.41) is 0.703. The van der Waals surface area contributed by atoms with Crippen molar-refractivity contribution in [1.82, 2.24) is 4.98 Å². The van der Waals surface area contributed by atoms with Crippen LogP contribution in [0.5, 0.6) is 0 Å². The Bertz CT molecular complexity index is 474. The number of hydrogen-bond acceptors (Lipinski definition) is 4. The molecule has 13 heavy (non-hydrogen) atoms. The third kappa shape index (κ3) is 2.14. The van der Waals surface area contributed by atoms with Crippen LogP contribution in [0.25, 0.3) is 10.6 Å². The molecule has 0 aromatic carbocycles. The van der Waals surface area contributed by atoms with Gasteiger partial charge in [0.05, 0.1) is 10.6 Å². The van der Waals surface area contributed by atoms with Crippen molar-refractivity contribution in [3.05, 3.63) is 33.2 Å². The Labute approximate surface area is 93.0 Å². The first kappa shape index (κ1) is 9.27. The van der Waals surface area contributed by atoms with Crippen LogP contribution in [-0.4, -0.2) is 4.98 Å². The first-order valence-corrected chi connectivity index (χ1v) is 6.41. The van der Waals surface area contributed by atoms with Gasteiger partial charge in [-0.05, 0) is 18.2 Å². The van der Waals surface area contributed by atoms with Gasteiger partial charge in [-0.25, -0.2) is 0 Å². The van der Waals surface area contributed by atoms with E-state index in [9.17, 15) is 0 Å². The lowest BCUT2D eigenvalue weighted by Crippen LogP contribution is -1.77. The van der Waals surface area contributed by atoms with Crippen molar-refractivity contribution < 1.29 is 0 Å². The van der Waals surface area contributed by atoms with Crippen molar-refractivity contribution in [1.29, 1.82) is 0 Å². The molecule has 0 aliphatic carbocycles. The molecular formula is C8H4ClNS3. The lowest BCUT2D eigenvalue weighted by atomic mass is 10.3. The van der Waals surface area contributed by atoms with Crippen LogP contribution in [0, 0.1) is 3.82 Å². The van der Waals surface area contributed by atoms with Crippen LogP contribution in [0.15, 0.2) is 24.4 Å². The molecular weight excluding hydrogens is 242 g/mol. The van der Waals surface area contributed by atoms with E-state index in [0.717, 1.165) is 14.4 Å². The molecule has 0 saturated heterocycles. The van der Waals surface area contributed by atoms with Crippen LogP contribution in [0.4, 0.5) is 0 Å². The Hall–Kier alpha value is -0.290. The normalized spacial score (nSPS) is 10.2. The van der Waals surface area contributed by atoms with Crippen LogP contribution >= 0.6 is 44.5 Å². The summed E-state index contributed by atoms with van der Waals surface area (Å²) in [5.41, 5.74) is 0.893. The Kier molecular flexibility index (Phi) is 2.74. The minimum Gasteiger partial charge on any atom is -0.255 e. The summed E-state index contributed by atoms with van der Waals surface area (Å²) in [7, 11) is 3.21. The third-order valence-corrected chi connectivity index (χ3v) is 4.56. The van der Waals surface area contributed by atoms with Gasteiger partial charge in [-0.15, -0.1) is 0 Å². The molecule has 0 aliphatic rings. The van der Waals surface area contributed by atoms with Crippen molar-refractivity contribution in [2.45, 2.75) is 0 Å². The highest BCUT2D eigenvalue weighted by atomic mass is 35.5. The molecule has 2 aromatic rings.